The van der Waals surface area contributed by atoms with E-state index in [2.05, 4.69) is 10.3 Å². The fraction of sp³-hybridized carbons (Fsp3) is 0. The second kappa shape index (κ2) is 5.45. The van der Waals surface area contributed by atoms with Crippen molar-refractivity contribution in [1.29, 1.82) is 0 Å². The second-order valence-electron chi connectivity index (χ2n) is 3.60. The van der Waals surface area contributed by atoms with Crippen LogP contribution in [-0.2, 0) is 0 Å². The topological polar surface area (TPSA) is 122 Å². The number of thiophene rings is 1. The molecule has 0 spiro atoms. The molecule has 2 heterocycles. The number of hydrogen-bond acceptors (Lipinski definition) is 6. The van der Waals surface area contributed by atoms with Gasteiger partial charge in [0.1, 0.15) is 5.82 Å². The van der Waals surface area contributed by atoms with Crippen molar-refractivity contribution in [2.75, 3.05) is 5.32 Å². The first kappa shape index (κ1) is 13.6. The molecule has 8 nitrogen and oxygen atoms in total. The molecule has 2 aromatic rings. The number of pyridine rings is 1. The van der Waals surface area contributed by atoms with E-state index in [0.717, 1.165) is 17.4 Å². The molecule has 0 aromatic carbocycles. The molecule has 0 aliphatic heterocycles. The smallest absolute Gasteiger partial charge is 0.354 e. The van der Waals surface area contributed by atoms with Crippen LogP contribution >= 0.6 is 11.3 Å². The highest BCUT2D eigenvalue weighted by Gasteiger charge is 2.15. The fourth-order valence-electron chi connectivity index (χ4n) is 1.35. The highest BCUT2D eigenvalue weighted by Crippen LogP contribution is 2.23. The number of carboxylic acids is 1. The Morgan fingerprint density at radius 1 is 1.40 bits per heavy atom. The van der Waals surface area contributed by atoms with E-state index in [1.807, 2.05) is 0 Å². The van der Waals surface area contributed by atoms with Gasteiger partial charge in [-0.2, -0.15) is 0 Å². The first-order chi connectivity index (χ1) is 9.47. The van der Waals surface area contributed by atoms with Gasteiger partial charge in [0.05, 0.1) is 10.5 Å². The minimum Gasteiger partial charge on any atom is -0.477 e. The third kappa shape index (κ3) is 2.95. The van der Waals surface area contributed by atoms with E-state index in [-0.39, 0.29) is 22.1 Å². The summed E-state index contributed by atoms with van der Waals surface area (Å²) in [5.41, 5.74) is -0.0941. The van der Waals surface area contributed by atoms with Crippen LogP contribution < -0.4 is 5.32 Å². The van der Waals surface area contributed by atoms with Crippen LogP contribution in [0, 0.1) is 10.1 Å². The molecule has 0 atom stereocenters. The lowest BCUT2D eigenvalue weighted by molar-refractivity contribution is -0.380. The average Bonchev–Trinajstić information content (AvgIpc) is 2.88. The number of nitro groups is 1. The molecule has 0 radical (unpaired) electrons. The predicted molar refractivity (Wildman–Crippen MR) is 70.1 cm³/mol. The molecule has 0 unspecified atom stereocenters. The minimum atomic E-state index is -1.22. The molecule has 9 heteroatoms. The summed E-state index contributed by atoms with van der Waals surface area (Å²) in [6.07, 6.45) is 0. The van der Waals surface area contributed by atoms with Gasteiger partial charge in [-0.3, -0.25) is 14.9 Å². The predicted octanol–water partition coefficient (Wildman–Crippen LogP) is 2.00. The highest BCUT2D eigenvalue weighted by molar-refractivity contribution is 7.13. The van der Waals surface area contributed by atoms with Crippen LogP contribution in [0.15, 0.2) is 29.6 Å². The Hall–Kier alpha value is -2.81. The van der Waals surface area contributed by atoms with Gasteiger partial charge in [0.25, 0.3) is 5.91 Å². The van der Waals surface area contributed by atoms with E-state index >= 15 is 0 Å². The number of carboxylic acid groups (broad SMARTS) is 1. The lowest BCUT2D eigenvalue weighted by Crippen LogP contribution is -2.13. The first-order valence-corrected chi connectivity index (χ1v) is 6.10. The van der Waals surface area contributed by atoms with Gasteiger partial charge in [-0.1, -0.05) is 17.4 Å². The maximum absolute atomic E-state index is 11.8. The Balaban J connectivity index is 2.16. The standard InChI is InChI=1S/C11H7N3O5S/c15-10(6-4-9(14(18)19)20-5-6)13-8-3-1-2-7(12-8)11(16)17/h1-5H,(H,16,17)(H,12,13,15). The molecule has 1 amide bonds. The average molecular weight is 293 g/mol. The van der Waals surface area contributed by atoms with Crippen molar-refractivity contribution in [3.8, 4) is 0 Å². The van der Waals surface area contributed by atoms with Gasteiger partial charge in [0, 0.05) is 11.4 Å². The molecule has 0 saturated heterocycles. The quantitative estimate of drug-likeness (QED) is 0.656. The van der Waals surface area contributed by atoms with Crippen molar-refractivity contribution >= 4 is 34.0 Å². The third-order valence-electron chi connectivity index (χ3n) is 2.24. The SMILES string of the molecule is O=C(Nc1cccc(C(=O)O)n1)c1csc([N+](=O)[O-])c1. The maximum atomic E-state index is 11.8. The Morgan fingerprint density at radius 3 is 2.75 bits per heavy atom. The molecular formula is C11H7N3O5S. The van der Waals surface area contributed by atoms with Crippen molar-refractivity contribution in [2.45, 2.75) is 0 Å². The summed E-state index contributed by atoms with van der Waals surface area (Å²) in [7, 11) is 0. The Labute approximate surface area is 115 Å². The van der Waals surface area contributed by atoms with Crippen LogP contribution in [-0.4, -0.2) is 26.9 Å². The zero-order valence-electron chi connectivity index (χ0n) is 9.77. The lowest BCUT2D eigenvalue weighted by Gasteiger charge is -2.03. The summed E-state index contributed by atoms with van der Waals surface area (Å²) in [5, 5.41) is 22.9. The number of nitrogens with one attached hydrogen (secondary N) is 1. The van der Waals surface area contributed by atoms with E-state index in [0.29, 0.717) is 0 Å². The lowest BCUT2D eigenvalue weighted by atomic mass is 10.3. The molecule has 102 valence electrons. The molecule has 2 N–H and O–H groups in total. The van der Waals surface area contributed by atoms with Crippen LogP contribution in [0.5, 0.6) is 0 Å². The Kier molecular flexibility index (Phi) is 3.71. The summed E-state index contributed by atoms with van der Waals surface area (Å²) < 4.78 is 0. The molecule has 2 aromatic heterocycles. The Bertz CT molecular complexity index is 697. The third-order valence-corrected chi connectivity index (χ3v) is 3.12. The van der Waals surface area contributed by atoms with Gasteiger partial charge in [-0.25, -0.2) is 9.78 Å². The van der Waals surface area contributed by atoms with E-state index in [1.54, 1.807) is 0 Å². The molecule has 0 bridgehead atoms. The van der Waals surface area contributed by atoms with Gasteiger partial charge in [-0.05, 0) is 12.1 Å². The van der Waals surface area contributed by atoms with Crippen LogP contribution in [0.25, 0.3) is 0 Å². The summed E-state index contributed by atoms with van der Waals surface area (Å²) in [4.78, 5) is 36.2. The largest absolute Gasteiger partial charge is 0.477 e. The van der Waals surface area contributed by atoms with Gasteiger partial charge >= 0.3 is 11.0 Å². The number of nitrogens with zero attached hydrogens (tertiary/aromatic N) is 2. The number of amides is 1. The van der Waals surface area contributed by atoms with E-state index in [9.17, 15) is 19.7 Å². The number of aromatic carboxylic acids is 1. The van der Waals surface area contributed by atoms with Crippen molar-refractivity contribution in [1.82, 2.24) is 4.98 Å². The number of aromatic nitrogens is 1. The summed E-state index contributed by atoms with van der Waals surface area (Å²) >= 11 is 0.830. The molecule has 2 rings (SSSR count). The molecule has 0 aliphatic rings. The summed E-state index contributed by atoms with van der Waals surface area (Å²) in [6.45, 7) is 0. The van der Waals surface area contributed by atoms with Crippen LogP contribution in [0.1, 0.15) is 20.8 Å². The normalized spacial score (nSPS) is 10.0. The molecule has 20 heavy (non-hydrogen) atoms. The van der Waals surface area contributed by atoms with Gasteiger partial charge in [0.2, 0.25) is 0 Å². The van der Waals surface area contributed by atoms with Crippen LogP contribution in [0.2, 0.25) is 0 Å². The second-order valence-corrected chi connectivity index (χ2v) is 4.49. The fourth-order valence-corrected chi connectivity index (χ4v) is 2.06. The zero-order valence-corrected chi connectivity index (χ0v) is 10.6. The monoisotopic (exact) mass is 293 g/mol. The van der Waals surface area contributed by atoms with Gasteiger partial charge in [0.15, 0.2) is 5.69 Å². The number of carbonyl (C=O) groups excluding carboxylic acids is 1. The maximum Gasteiger partial charge on any atom is 0.354 e. The minimum absolute atomic E-state index is 0.0590. The van der Waals surface area contributed by atoms with Crippen molar-refractivity contribution < 1.29 is 19.6 Å². The Morgan fingerprint density at radius 2 is 2.15 bits per heavy atom. The number of anilines is 1. The van der Waals surface area contributed by atoms with E-state index < -0.39 is 16.8 Å². The van der Waals surface area contributed by atoms with E-state index in [1.165, 1.54) is 23.6 Å². The van der Waals surface area contributed by atoms with Crippen LogP contribution in [0.3, 0.4) is 0 Å². The van der Waals surface area contributed by atoms with E-state index in [4.69, 9.17) is 5.11 Å². The number of hydrogen-bond donors (Lipinski definition) is 2. The van der Waals surface area contributed by atoms with Crippen molar-refractivity contribution in [2.24, 2.45) is 0 Å². The first-order valence-electron chi connectivity index (χ1n) is 5.22. The molecular weight excluding hydrogens is 286 g/mol. The number of rotatable bonds is 4. The van der Waals surface area contributed by atoms with Gasteiger partial charge in [-0.15, -0.1) is 0 Å². The van der Waals surface area contributed by atoms with Gasteiger partial charge < -0.3 is 10.4 Å². The summed E-state index contributed by atoms with van der Waals surface area (Å²) in [6, 6.07) is 5.28. The zero-order chi connectivity index (χ0) is 14.7. The number of carbonyl (C=O) groups is 2. The molecule has 0 fully saturated rings. The molecule has 0 saturated carbocycles. The van der Waals surface area contributed by atoms with Crippen LogP contribution in [0.4, 0.5) is 10.8 Å². The summed E-state index contributed by atoms with van der Waals surface area (Å²) in [5.74, 6) is -1.75. The highest BCUT2D eigenvalue weighted by atomic mass is 32.1. The van der Waals surface area contributed by atoms with Crippen molar-refractivity contribution in [3.05, 3.63) is 51.0 Å². The molecule has 0 aliphatic carbocycles. The van der Waals surface area contributed by atoms with Crippen molar-refractivity contribution in [3.63, 3.8) is 0 Å².